The maximum absolute atomic E-state index is 13.4. The summed E-state index contributed by atoms with van der Waals surface area (Å²) in [7, 11) is 0. The SMILES string of the molecule is CCOc1cc(C=Nc2ccc(CC)cc2)cc(Br)c1OCc1cccc(F)c1. The van der Waals surface area contributed by atoms with Crippen molar-refractivity contribution in [1.29, 1.82) is 0 Å². The van der Waals surface area contributed by atoms with E-state index in [1.165, 1.54) is 17.7 Å². The molecule has 0 radical (unpaired) electrons. The van der Waals surface area contributed by atoms with Gasteiger partial charge in [0.1, 0.15) is 12.4 Å². The van der Waals surface area contributed by atoms with Crippen LogP contribution in [0.25, 0.3) is 0 Å². The van der Waals surface area contributed by atoms with Crippen LogP contribution in [0.15, 0.2) is 70.1 Å². The van der Waals surface area contributed by atoms with Gasteiger partial charge in [-0.15, -0.1) is 0 Å². The molecule has 3 aromatic rings. The summed E-state index contributed by atoms with van der Waals surface area (Å²) in [5, 5.41) is 0. The van der Waals surface area contributed by atoms with Gasteiger partial charge < -0.3 is 9.47 Å². The van der Waals surface area contributed by atoms with Gasteiger partial charge in [-0.3, -0.25) is 4.99 Å². The van der Waals surface area contributed by atoms with E-state index in [2.05, 4.69) is 40.0 Å². The highest BCUT2D eigenvalue weighted by molar-refractivity contribution is 9.10. The molecule has 0 atom stereocenters. The molecule has 0 aromatic heterocycles. The van der Waals surface area contributed by atoms with Gasteiger partial charge in [-0.1, -0.05) is 31.2 Å². The van der Waals surface area contributed by atoms with Crippen LogP contribution in [0.5, 0.6) is 11.5 Å². The Balaban J connectivity index is 1.80. The Morgan fingerprint density at radius 2 is 1.76 bits per heavy atom. The number of aryl methyl sites for hydroxylation is 1. The van der Waals surface area contributed by atoms with Gasteiger partial charge in [-0.25, -0.2) is 4.39 Å². The normalized spacial score (nSPS) is 11.0. The van der Waals surface area contributed by atoms with E-state index >= 15 is 0 Å². The largest absolute Gasteiger partial charge is 0.490 e. The minimum Gasteiger partial charge on any atom is -0.490 e. The predicted octanol–water partition coefficient (Wildman–Crippen LogP) is 6.88. The van der Waals surface area contributed by atoms with Crippen molar-refractivity contribution < 1.29 is 13.9 Å². The Kier molecular flexibility index (Phi) is 7.42. The quantitative estimate of drug-likeness (QED) is 0.346. The second-order valence-corrected chi connectivity index (χ2v) is 7.31. The Morgan fingerprint density at radius 3 is 2.45 bits per heavy atom. The van der Waals surface area contributed by atoms with Gasteiger partial charge >= 0.3 is 0 Å². The van der Waals surface area contributed by atoms with Crippen molar-refractivity contribution in [2.45, 2.75) is 26.9 Å². The minimum absolute atomic E-state index is 0.244. The van der Waals surface area contributed by atoms with Crippen LogP contribution in [-0.2, 0) is 13.0 Å². The summed E-state index contributed by atoms with van der Waals surface area (Å²) in [6.45, 7) is 4.79. The summed E-state index contributed by atoms with van der Waals surface area (Å²) in [6, 6.07) is 18.3. The summed E-state index contributed by atoms with van der Waals surface area (Å²) in [4.78, 5) is 4.54. The van der Waals surface area contributed by atoms with E-state index in [4.69, 9.17) is 9.47 Å². The van der Waals surface area contributed by atoms with Crippen LogP contribution in [0, 0.1) is 5.82 Å². The molecule has 0 spiro atoms. The second kappa shape index (κ2) is 10.2. The molecule has 0 bridgehead atoms. The molecule has 0 saturated carbocycles. The summed E-state index contributed by atoms with van der Waals surface area (Å²) in [5.74, 6) is 0.912. The van der Waals surface area contributed by atoms with Crippen LogP contribution in [0.2, 0.25) is 0 Å². The zero-order valence-electron chi connectivity index (χ0n) is 16.5. The van der Waals surface area contributed by atoms with E-state index < -0.39 is 0 Å². The number of benzene rings is 3. The number of rotatable bonds is 8. The third-order valence-electron chi connectivity index (χ3n) is 4.31. The van der Waals surface area contributed by atoms with Gasteiger partial charge in [0.15, 0.2) is 11.5 Å². The van der Waals surface area contributed by atoms with E-state index in [1.807, 2.05) is 37.3 Å². The summed E-state index contributed by atoms with van der Waals surface area (Å²) in [5.41, 5.74) is 3.81. The van der Waals surface area contributed by atoms with Gasteiger partial charge in [0.05, 0.1) is 16.8 Å². The molecule has 0 amide bonds. The second-order valence-electron chi connectivity index (χ2n) is 6.46. The highest BCUT2D eigenvalue weighted by Gasteiger charge is 2.12. The molecule has 0 unspecified atom stereocenters. The third-order valence-corrected chi connectivity index (χ3v) is 4.90. The van der Waals surface area contributed by atoms with Crippen molar-refractivity contribution in [1.82, 2.24) is 0 Å². The molecule has 3 aromatic carbocycles. The Morgan fingerprint density at radius 1 is 0.966 bits per heavy atom. The number of aliphatic imine (C=N–C) groups is 1. The van der Waals surface area contributed by atoms with E-state index in [1.54, 1.807) is 12.3 Å². The number of halogens is 2. The lowest BCUT2D eigenvalue weighted by Gasteiger charge is -2.14. The zero-order chi connectivity index (χ0) is 20.6. The average Bonchev–Trinajstić information content (AvgIpc) is 2.72. The monoisotopic (exact) mass is 455 g/mol. The number of ether oxygens (including phenoxy) is 2. The molecular formula is C24H23BrFNO2. The highest BCUT2D eigenvalue weighted by Crippen LogP contribution is 2.37. The van der Waals surface area contributed by atoms with Crippen molar-refractivity contribution in [3.63, 3.8) is 0 Å². The molecule has 3 nitrogen and oxygen atoms in total. The molecule has 150 valence electrons. The Labute approximate surface area is 179 Å². The first-order valence-corrected chi connectivity index (χ1v) is 10.3. The first-order valence-electron chi connectivity index (χ1n) is 9.55. The van der Waals surface area contributed by atoms with Crippen LogP contribution in [0.4, 0.5) is 10.1 Å². The molecule has 0 aliphatic heterocycles. The molecular weight excluding hydrogens is 433 g/mol. The van der Waals surface area contributed by atoms with Gasteiger partial charge in [0.25, 0.3) is 0 Å². The third kappa shape index (κ3) is 5.91. The first kappa shape index (κ1) is 21.1. The van der Waals surface area contributed by atoms with Crippen molar-refractivity contribution >= 4 is 27.8 Å². The van der Waals surface area contributed by atoms with Crippen LogP contribution in [0.3, 0.4) is 0 Å². The Bertz CT molecular complexity index is 987. The summed E-state index contributed by atoms with van der Waals surface area (Å²) < 4.78 is 25.8. The smallest absolute Gasteiger partial charge is 0.175 e. The molecule has 0 saturated heterocycles. The van der Waals surface area contributed by atoms with Crippen molar-refractivity contribution in [3.8, 4) is 11.5 Å². The molecule has 0 fully saturated rings. The van der Waals surface area contributed by atoms with Gasteiger partial charge in [0.2, 0.25) is 0 Å². The molecule has 29 heavy (non-hydrogen) atoms. The topological polar surface area (TPSA) is 30.8 Å². The average molecular weight is 456 g/mol. The fourth-order valence-electron chi connectivity index (χ4n) is 2.81. The van der Waals surface area contributed by atoms with Crippen molar-refractivity contribution in [2.24, 2.45) is 4.99 Å². The first-order chi connectivity index (χ1) is 14.1. The molecule has 0 aliphatic carbocycles. The van der Waals surface area contributed by atoms with Gasteiger partial charge in [-0.2, -0.15) is 0 Å². The van der Waals surface area contributed by atoms with E-state index in [0.717, 1.165) is 27.7 Å². The van der Waals surface area contributed by atoms with E-state index in [-0.39, 0.29) is 12.4 Å². The van der Waals surface area contributed by atoms with Gasteiger partial charge in [0, 0.05) is 6.21 Å². The molecule has 3 rings (SSSR count). The van der Waals surface area contributed by atoms with Crippen molar-refractivity contribution in [2.75, 3.05) is 6.61 Å². The zero-order valence-corrected chi connectivity index (χ0v) is 18.1. The lowest BCUT2D eigenvalue weighted by Crippen LogP contribution is -2.01. The molecule has 0 heterocycles. The van der Waals surface area contributed by atoms with Crippen molar-refractivity contribution in [3.05, 3.63) is 87.6 Å². The maximum Gasteiger partial charge on any atom is 0.175 e. The van der Waals surface area contributed by atoms with Crippen LogP contribution in [0.1, 0.15) is 30.5 Å². The summed E-state index contributed by atoms with van der Waals surface area (Å²) in [6.07, 6.45) is 2.80. The minimum atomic E-state index is -0.284. The standard InChI is InChI=1S/C24H23BrFNO2/c1-3-17-8-10-21(11-9-17)27-15-19-13-22(25)24(23(14-19)28-4-2)29-16-18-6-5-7-20(26)12-18/h5-15H,3-4,16H2,1-2H3. The fourth-order valence-corrected chi connectivity index (χ4v) is 3.39. The molecule has 5 heteroatoms. The fraction of sp³-hybridized carbons (Fsp3) is 0.208. The van der Waals surface area contributed by atoms with Crippen LogP contribution < -0.4 is 9.47 Å². The molecule has 0 aliphatic rings. The number of nitrogens with zero attached hydrogens (tertiary/aromatic N) is 1. The van der Waals surface area contributed by atoms with Crippen LogP contribution >= 0.6 is 15.9 Å². The van der Waals surface area contributed by atoms with Crippen LogP contribution in [-0.4, -0.2) is 12.8 Å². The molecule has 0 N–H and O–H groups in total. The van der Waals surface area contributed by atoms with E-state index in [0.29, 0.717) is 18.1 Å². The lowest BCUT2D eigenvalue weighted by atomic mass is 10.1. The number of hydrogen-bond donors (Lipinski definition) is 0. The highest BCUT2D eigenvalue weighted by atomic mass is 79.9. The predicted molar refractivity (Wildman–Crippen MR) is 119 cm³/mol. The number of hydrogen-bond acceptors (Lipinski definition) is 3. The van der Waals surface area contributed by atoms with E-state index in [9.17, 15) is 4.39 Å². The Hall–Kier alpha value is -2.66. The summed E-state index contributed by atoms with van der Waals surface area (Å²) >= 11 is 3.56. The van der Waals surface area contributed by atoms with Gasteiger partial charge in [-0.05, 0) is 82.4 Å². The lowest BCUT2D eigenvalue weighted by molar-refractivity contribution is 0.267. The maximum atomic E-state index is 13.4.